The summed E-state index contributed by atoms with van der Waals surface area (Å²) in [5.74, 6) is 0.900. The van der Waals surface area contributed by atoms with Gasteiger partial charge in [0.25, 0.3) is 0 Å². The maximum absolute atomic E-state index is 5.74. The predicted octanol–water partition coefficient (Wildman–Crippen LogP) is 3.39. The molecule has 0 amide bonds. The molecule has 2 rings (SSSR count). The van der Waals surface area contributed by atoms with Crippen molar-refractivity contribution < 1.29 is 9.47 Å². The van der Waals surface area contributed by atoms with E-state index in [1.54, 1.807) is 7.11 Å². The molecule has 2 aromatic carbocycles. The standard InChI is InChI=1S/C18H24N2O2/c1-20(2)17-10-8-16(9-11-17)19-14-15-6-4-5-7-18(15)22-13-12-21-3/h4-11,19H,12-14H2,1-3H3. The minimum Gasteiger partial charge on any atom is -0.491 e. The van der Waals surface area contributed by atoms with Gasteiger partial charge in [-0.3, -0.25) is 0 Å². The number of nitrogens with one attached hydrogen (secondary N) is 1. The summed E-state index contributed by atoms with van der Waals surface area (Å²) in [6.07, 6.45) is 0. The summed E-state index contributed by atoms with van der Waals surface area (Å²) in [5.41, 5.74) is 3.42. The van der Waals surface area contributed by atoms with Crippen molar-refractivity contribution in [3.8, 4) is 5.75 Å². The van der Waals surface area contributed by atoms with Gasteiger partial charge in [-0.25, -0.2) is 0 Å². The first-order chi connectivity index (χ1) is 10.7. The van der Waals surface area contributed by atoms with Gasteiger partial charge in [0.05, 0.1) is 6.61 Å². The predicted molar refractivity (Wildman–Crippen MR) is 91.9 cm³/mol. The van der Waals surface area contributed by atoms with E-state index in [-0.39, 0.29) is 0 Å². The number of ether oxygens (including phenoxy) is 2. The minimum absolute atomic E-state index is 0.561. The molecule has 0 saturated carbocycles. The van der Waals surface area contributed by atoms with Crippen molar-refractivity contribution in [2.45, 2.75) is 6.54 Å². The molecule has 4 heteroatoms. The summed E-state index contributed by atoms with van der Waals surface area (Å²) in [6.45, 7) is 1.88. The van der Waals surface area contributed by atoms with Crippen molar-refractivity contribution >= 4 is 11.4 Å². The van der Waals surface area contributed by atoms with E-state index in [1.165, 1.54) is 5.69 Å². The van der Waals surface area contributed by atoms with Gasteiger partial charge in [-0.15, -0.1) is 0 Å². The average Bonchev–Trinajstić information content (AvgIpc) is 2.54. The van der Waals surface area contributed by atoms with Crippen molar-refractivity contribution in [3.63, 3.8) is 0 Å². The third kappa shape index (κ3) is 4.67. The normalized spacial score (nSPS) is 10.3. The fraction of sp³-hybridized carbons (Fsp3) is 0.333. The van der Waals surface area contributed by atoms with E-state index in [1.807, 2.05) is 32.3 Å². The summed E-state index contributed by atoms with van der Waals surface area (Å²) in [5, 5.41) is 3.43. The molecule has 0 aromatic heterocycles. The van der Waals surface area contributed by atoms with Gasteiger partial charge < -0.3 is 19.7 Å². The number of rotatable bonds is 8. The summed E-state index contributed by atoms with van der Waals surface area (Å²) < 4.78 is 10.8. The second-order valence-electron chi connectivity index (χ2n) is 5.24. The Bertz CT molecular complexity index is 568. The molecule has 0 spiro atoms. The summed E-state index contributed by atoms with van der Waals surface area (Å²) in [7, 11) is 5.75. The first kappa shape index (κ1) is 16.2. The SMILES string of the molecule is COCCOc1ccccc1CNc1ccc(N(C)C)cc1. The topological polar surface area (TPSA) is 33.7 Å². The molecular weight excluding hydrogens is 276 g/mol. The molecule has 0 heterocycles. The van der Waals surface area contributed by atoms with Crippen LogP contribution in [0.1, 0.15) is 5.56 Å². The smallest absolute Gasteiger partial charge is 0.124 e. The molecule has 0 saturated heterocycles. The number of benzene rings is 2. The Morgan fingerprint density at radius 1 is 0.955 bits per heavy atom. The lowest BCUT2D eigenvalue weighted by Crippen LogP contribution is -2.09. The Balaban J connectivity index is 1.96. The van der Waals surface area contributed by atoms with Gasteiger partial charge in [-0.1, -0.05) is 18.2 Å². The number of para-hydroxylation sites is 1. The van der Waals surface area contributed by atoms with Crippen LogP contribution >= 0.6 is 0 Å². The van der Waals surface area contributed by atoms with Crippen LogP contribution in [0.15, 0.2) is 48.5 Å². The monoisotopic (exact) mass is 300 g/mol. The van der Waals surface area contributed by atoms with Crippen LogP contribution in [-0.4, -0.2) is 34.4 Å². The number of anilines is 2. The molecule has 0 radical (unpaired) electrons. The van der Waals surface area contributed by atoms with Gasteiger partial charge in [0.2, 0.25) is 0 Å². The van der Waals surface area contributed by atoms with Crippen LogP contribution < -0.4 is 15.0 Å². The largest absolute Gasteiger partial charge is 0.491 e. The van der Waals surface area contributed by atoms with E-state index in [2.05, 4.69) is 40.5 Å². The van der Waals surface area contributed by atoms with Crippen LogP contribution in [0.3, 0.4) is 0 Å². The Morgan fingerprint density at radius 3 is 2.36 bits per heavy atom. The molecule has 0 fully saturated rings. The fourth-order valence-electron chi connectivity index (χ4n) is 2.10. The maximum Gasteiger partial charge on any atom is 0.124 e. The molecular formula is C18H24N2O2. The molecule has 22 heavy (non-hydrogen) atoms. The summed E-state index contributed by atoms with van der Waals surface area (Å²) >= 11 is 0. The highest BCUT2D eigenvalue weighted by Gasteiger charge is 2.03. The molecule has 0 aliphatic carbocycles. The Hall–Kier alpha value is -2.20. The highest BCUT2D eigenvalue weighted by Crippen LogP contribution is 2.21. The Kier molecular flexibility index (Phi) is 6.10. The van der Waals surface area contributed by atoms with E-state index in [0.717, 1.165) is 23.5 Å². The Morgan fingerprint density at radius 2 is 1.68 bits per heavy atom. The molecule has 4 nitrogen and oxygen atoms in total. The van der Waals surface area contributed by atoms with Crippen molar-refractivity contribution in [1.82, 2.24) is 0 Å². The van der Waals surface area contributed by atoms with Gasteiger partial charge in [0.1, 0.15) is 12.4 Å². The van der Waals surface area contributed by atoms with Gasteiger partial charge in [0.15, 0.2) is 0 Å². The van der Waals surface area contributed by atoms with Crippen LogP contribution in [-0.2, 0) is 11.3 Å². The quantitative estimate of drug-likeness (QED) is 0.758. The van der Waals surface area contributed by atoms with E-state index < -0.39 is 0 Å². The summed E-state index contributed by atoms with van der Waals surface area (Å²) in [6, 6.07) is 16.4. The van der Waals surface area contributed by atoms with Crippen molar-refractivity contribution in [2.75, 3.05) is 44.6 Å². The van der Waals surface area contributed by atoms with E-state index in [4.69, 9.17) is 9.47 Å². The van der Waals surface area contributed by atoms with Gasteiger partial charge in [0, 0.05) is 44.7 Å². The molecule has 2 aromatic rings. The van der Waals surface area contributed by atoms with Crippen LogP contribution in [0.5, 0.6) is 5.75 Å². The molecule has 0 bridgehead atoms. The average molecular weight is 300 g/mol. The van der Waals surface area contributed by atoms with Crippen molar-refractivity contribution in [1.29, 1.82) is 0 Å². The van der Waals surface area contributed by atoms with E-state index in [9.17, 15) is 0 Å². The van der Waals surface area contributed by atoms with Crippen molar-refractivity contribution in [2.24, 2.45) is 0 Å². The highest BCUT2D eigenvalue weighted by atomic mass is 16.5. The van der Waals surface area contributed by atoms with E-state index >= 15 is 0 Å². The number of methoxy groups -OCH3 is 1. The highest BCUT2D eigenvalue weighted by molar-refractivity contribution is 5.54. The van der Waals surface area contributed by atoms with Gasteiger partial charge in [-0.2, -0.15) is 0 Å². The lowest BCUT2D eigenvalue weighted by molar-refractivity contribution is 0.146. The van der Waals surface area contributed by atoms with Gasteiger partial charge in [-0.05, 0) is 30.3 Å². The van der Waals surface area contributed by atoms with Crippen molar-refractivity contribution in [3.05, 3.63) is 54.1 Å². The first-order valence-electron chi connectivity index (χ1n) is 7.41. The fourth-order valence-corrected chi connectivity index (χ4v) is 2.10. The maximum atomic E-state index is 5.74. The molecule has 0 unspecified atom stereocenters. The zero-order chi connectivity index (χ0) is 15.8. The third-order valence-corrected chi connectivity index (χ3v) is 3.38. The molecule has 0 aliphatic rings. The van der Waals surface area contributed by atoms with Gasteiger partial charge >= 0.3 is 0 Å². The van der Waals surface area contributed by atoms with Crippen LogP contribution in [0.4, 0.5) is 11.4 Å². The lowest BCUT2D eigenvalue weighted by Gasteiger charge is -2.15. The zero-order valence-electron chi connectivity index (χ0n) is 13.5. The second kappa shape index (κ2) is 8.29. The number of hydrogen-bond donors (Lipinski definition) is 1. The Labute approximate surface area is 132 Å². The van der Waals surface area contributed by atoms with Crippen LogP contribution in [0.2, 0.25) is 0 Å². The lowest BCUT2D eigenvalue weighted by atomic mass is 10.2. The molecule has 118 valence electrons. The molecule has 0 atom stereocenters. The van der Waals surface area contributed by atoms with E-state index in [0.29, 0.717) is 13.2 Å². The second-order valence-corrected chi connectivity index (χ2v) is 5.24. The number of hydrogen-bond acceptors (Lipinski definition) is 4. The molecule has 1 N–H and O–H groups in total. The molecule has 0 aliphatic heterocycles. The minimum atomic E-state index is 0.561. The third-order valence-electron chi connectivity index (χ3n) is 3.38. The van der Waals surface area contributed by atoms with Crippen LogP contribution in [0.25, 0.3) is 0 Å². The summed E-state index contributed by atoms with van der Waals surface area (Å²) in [4.78, 5) is 2.09. The zero-order valence-corrected chi connectivity index (χ0v) is 13.5. The van der Waals surface area contributed by atoms with Crippen LogP contribution in [0, 0.1) is 0 Å². The number of nitrogens with zero attached hydrogens (tertiary/aromatic N) is 1. The first-order valence-corrected chi connectivity index (χ1v) is 7.41.